The third-order valence-corrected chi connectivity index (χ3v) is 2.51. The highest BCUT2D eigenvalue weighted by Gasteiger charge is 2.00. The maximum atomic E-state index is 9.30. The number of nitrogen functional groups attached to an aromatic ring is 2. The van der Waals surface area contributed by atoms with Gasteiger partial charge in [0, 0.05) is 0 Å². The highest BCUT2D eigenvalue weighted by molar-refractivity contribution is 5.61. The second-order valence-electron chi connectivity index (χ2n) is 3.87. The summed E-state index contributed by atoms with van der Waals surface area (Å²) >= 11 is 0. The van der Waals surface area contributed by atoms with Gasteiger partial charge in [-0.3, -0.25) is 0 Å². The number of nitrogens with zero attached hydrogens (tertiary/aromatic N) is 2. The van der Waals surface area contributed by atoms with Crippen LogP contribution in [0.2, 0.25) is 0 Å². The van der Waals surface area contributed by atoms with Crippen LogP contribution < -0.4 is 16.2 Å². The Kier molecular flexibility index (Phi) is 3.51. The number of hydrogen-bond acceptors (Lipinski definition) is 6. The zero-order chi connectivity index (χ0) is 13.8. The first kappa shape index (κ1) is 12.7. The second kappa shape index (κ2) is 5.26. The molecule has 0 aliphatic carbocycles. The summed E-state index contributed by atoms with van der Waals surface area (Å²) < 4.78 is 5.05. The molecular weight excluding hydrogens is 244 g/mol. The van der Waals surface area contributed by atoms with E-state index >= 15 is 0 Å². The van der Waals surface area contributed by atoms with E-state index < -0.39 is 0 Å². The Morgan fingerprint density at radius 1 is 0.947 bits per heavy atom. The smallest absolute Gasteiger partial charge is 0.141 e. The number of phenolic OH excluding ortho intramolecular Hbond substituents is 1. The van der Waals surface area contributed by atoms with Crippen molar-refractivity contribution in [3.8, 4) is 11.5 Å². The second-order valence-corrected chi connectivity index (χ2v) is 3.87. The van der Waals surface area contributed by atoms with E-state index in [2.05, 4.69) is 10.2 Å². The van der Waals surface area contributed by atoms with Crippen molar-refractivity contribution in [1.82, 2.24) is 0 Å². The molecule has 5 N–H and O–H groups in total. The highest BCUT2D eigenvalue weighted by atomic mass is 16.5. The summed E-state index contributed by atoms with van der Waals surface area (Å²) in [6.45, 7) is 0. The number of azo groups is 1. The van der Waals surface area contributed by atoms with Gasteiger partial charge in [0.15, 0.2) is 0 Å². The third-order valence-electron chi connectivity index (χ3n) is 2.51. The maximum Gasteiger partial charge on any atom is 0.141 e. The average Bonchev–Trinajstić information content (AvgIpc) is 2.40. The summed E-state index contributed by atoms with van der Waals surface area (Å²) in [7, 11) is 1.55. The Labute approximate surface area is 110 Å². The van der Waals surface area contributed by atoms with Gasteiger partial charge in [-0.05, 0) is 36.4 Å². The van der Waals surface area contributed by atoms with Crippen LogP contribution in [0.4, 0.5) is 22.7 Å². The minimum Gasteiger partial charge on any atom is -0.506 e. The van der Waals surface area contributed by atoms with Gasteiger partial charge in [0.25, 0.3) is 0 Å². The summed E-state index contributed by atoms with van der Waals surface area (Å²) in [5.74, 6) is 0.612. The van der Waals surface area contributed by atoms with Crippen LogP contribution in [-0.2, 0) is 0 Å². The first-order valence-electron chi connectivity index (χ1n) is 5.54. The average molecular weight is 258 g/mol. The molecule has 0 saturated carbocycles. The molecule has 0 aliphatic heterocycles. The van der Waals surface area contributed by atoms with Gasteiger partial charge in [-0.25, -0.2) is 0 Å². The molecule has 0 saturated heterocycles. The number of aromatic hydroxyl groups is 1. The van der Waals surface area contributed by atoms with E-state index in [9.17, 15) is 5.11 Å². The molecule has 2 rings (SSSR count). The first-order chi connectivity index (χ1) is 9.10. The van der Waals surface area contributed by atoms with E-state index in [0.29, 0.717) is 22.8 Å². The predicted octanol–water partition coefficient (Wildman–Crippen LogP) is 2.98. The largest absolute Gasteiger partial charge is 0.506 e. The van der Waals surface area contributed by atoms with Gasteiger partial charge < -0.3 is 21.3 Å². The fourth-order valence-electron chi connectivity index (χ4n) is 1.50. The van der Waals surface area contributed by atoms with Crippen LogP contribution in [0.5, 0.6) is 11.5 Å². The lowest BCUT2D eigenvalue weighted by Crippen LogP contribution is -1.90. The molecule has 19 heavy (non-hydrogen) atoms. The molecule has 0 aromatic heterocycles. The molecule has 6 nitrogen and oxygen atoms in total. The molecule has 2 aromatic rings. The minimum atomic E-state index is 0.0210. The lowest BCUT2D eigenvalue weighted by molar-refractivity contribution is 0.417. The Bertz CT molecular complexity index is 626. The molecule has 0 radical (unpaired) electrons. The van der Waals surface area contributed by atoms with Crippen molar-refractivity contribution >= 4 is 22.7 Å². The molecule has 0 unspecified atom stereocenters. The summed E-state index contributed by atoms with van der Waals surface area (Å²) in [6, 6.07) is 9.73. The van der Waals surface area contributed by atoms with Gasteiger partial charge in [-0.15, -0.1) is 0 Å². The molecule has 0 bridgehead atoms. The topological polar surface area (TPSA) is 106 Å². The van der Waals surface area contributed by atoms with Crippen LogP contribution in [0.3, 0.4) is 0 Å². The summed E-state index contributed by atoms with van der Waals surface area (Å²) in [4.78, 5) is 0. The van der Waals surface area contributed by atoms with Gasteiger partial charge >= 0.3 is 0 Å². The number of methoxy groups -OCH3 is 1. The highest BCUT2D eigenvalue weighted by Crippen LogP contribution is 2.29. The Morgan fingerprint density at radius 3 is 2.05 bits per heavy atom. The summed E-state index contributed by atoms with van der Waals surface area (Å²) in [5.41, 5.74) is 13.2. The zero-order valence-corrected chi connectivity index (χ0v) is 10.4. The van der Waals surface area contributed by atoms with Crippen molar-refractivity contribution in [2.75, 3.05) is 18.6 Å². The number of nitrogens with two attached hydrogens (primary N) is 2. The van der Waals surface area contributed by atoms with E-state index in [1.54, 1.807) is 31.4 Å². The van der Waals surface area contributed by atoms with Gasteiger partial charge in [0.1, 0.15) is 11.5 Å². The van der Waals surface area contributed by atoms with E-state index in [1.807, 2.05) is 0 Å². The molecule has 0 heterocycles. The summed E-state index contributed by atoms with van der Waals surface area (Å²) in [6.07, 6.45) is 0. The normalized spacial score (nSPS) is 10.8. The summed E-state index contributed by atoms with van der Waals surface area (Å²) in [5, 5.41) is 17.3. The molecule has 98 valence electrons. The first-order valence-corrected chi connectivity index (χ1v) is 5.54. The van der Waals surface area contributed by atoms with E-state index in [0.717, 1.165) is 0 Å². The number of rotatable bonds is 3. The molecular formula is C13H14N4O2. The van der Waals surface area contributed by atoms with Gasteiger partial charge in [-0.1, -0.05) is 0 Å². The van der Waals surface area contributed by atoms with Crippen molar-refractivity contribution in [3.63, 3.8) is 0 Å². The van der Waals surface area contributed by atoms with Crippen LogP contribution in [0.15, 0.2) is 46.6 Å². The number of benzene rings is 2. The van der Waals surface area contributed by atoms with Crippen LogP contribution in [0.25, 0.3) is 0 Å². The fraction of sp³-hybridized carbons (Fsp3) is 0.0769. The maximum absolute atomic E-state index is 9.30. The number of anilines is 2. The van der Waals surface area contributed by atoms with Crippen LogP contribution in [0, 0.1) is 0 Å². The number of ether oxygens (including phenoxy) is 1. The standard InChI is InChI=1S/C13H14N4O2/c1-19-13-5-3-9(7-11(13)15)17-16-8-2-4-12(18)10(14)6-8/h2-7,18H,14-15H2,1H3. The number of phenols is 1. The Hall–Kier alpha value is -2.76. The zero-order valence-electron chi connectivity index (χ0n) is 10.4. The number of hydrogen-bond donors (Lipinski definition) is 3. The van der Waals surface area contributed by atoms with E-state index in [-0.39, 0.29) is 11.4 Å². The van der Waals surface area contributed by atoms with Gasteiger partial charge in [-0.2, -0.15) is 10.2 Å². The van der Waals surface area contributed by atoms with Crippen molar-refractivity contribution in [2.45, 2.75) is 0 Å². The molecule has 0 amide bonds. The van der Waals surface area contributed by atoms with Crippen LogP contribution in [0.1, 0.15) is 0 Å². The van der Waals surface area contributed by atoms with Gasteiger partial charge in [0.05, 0.1) is 29.9 Å². The van der Waals surface area contributed by atoms with Crippen molar-refractivity contribution in [1.29, 1.82) is 0 Å². The van der Waals surface area contributed by atoms with E-state index in [1.165, 1.54) is 12.1 Å². The van der Waals surface area contributed by atoms with E-state index in [4.69, 9.17) is 16.2 Å². The lowest BCUT2D eigenvalue weighted by atomic mass is 10.2. The molecule has 0 aliphatic rings. The third kappa shape index (κ3) is 2.92. The van der Waals surface area contributed by atoms with Crippen molar-refractivity contribution in [2.24, 2.45) is 10.2 Å². The fourth-order valence-corrected chi connectivity index (χ4v) is 1.50. The molecule has 0 fully saturated rings. The minimum absolute atomic E-state index is 0.0210. The monoisotopic (exact) mass is 258 g/mol. The van der Waals surface area contributed by atoms with Crippen LogP contribution in [-0.4, -0.2) is 12.2 Å². The SMILES string of the molecule is COc1ccc(N=Nc2ccc(O)c(N)c2)cc1N. The molecule has 6 heteroatoms. The molecule has 0 atom stereocenters. The lowest BCUT2D eigenvalue weighted by Gasteiger charge is -2.03. The molecule has 2 aromatic carbocycles. The quantitative estimate of drug-likeness (QED) is 0.447. The predicted molar refractivity (Wildman–Crippen MR) is 74.1 cm³/mol. The Balaban J connectivity index is 2.22. The van der Waals surface area contributed by atoms with Gasteiger partial charge in [0.2, 0.25) is 0 Å². The van der Waals surface area contributed by atoms with Crippen molar-refractivity contribution < 1.29 is 9.84 Å². The van der Waals surface area contributed by atoms with Crippen LogP contribution >= 0.6 is 0 Å². The van der Waals surface area contributed by atoms with Crippen molar-refractivity contribution in [3.05, 3.63) is 36.4 Å². The molecule has 0 spiro atoms. The Morgan fingerprint density at radius 2 is 1.53 bits per heavy atom.